The molecule has 1 unspecified atom stereocenters. The zero-order chi connectivity index (χ0) is 21.8. The van der Waals surface area contributed by atoms with Gasteiger partial charge in [-0.3, -0.25) is 9.80 Å². The highest BCUT2D eigenvalue weighted by molar-refractivity contribution is 4.85. The minimum atomic E-state index is 0.561. The van der Waals surface area contributed by atoms with Gasteiger partial charge in [0, 0.05) is 58.0 Å². The highest BCUT2D eigenvalue weighted by Gasteiger charge is 2.29. The van der Waals surface area contributed by atoms with Gasteiger partial charge in [0.15, 0.2) is 0 Å². The lowest BCUT2D eigenvalue weighted by molar-refractivity contribution is -0.00146. The molecule has 0 N–H and O–H groups in total. The largest absolute Gasteiger partial charge is 0.383 e. The van der Waals surface area contributed by atoms with Crippen molar-refractivity contribution in [3.8, 4) is 0 Å². The summed E-state index contributed by atoms with van der Waals surface area (Å²) in [5, 5.41) is 0. The van der Waals surface area contributed by atoms with E-state index in [1.807, 2.05) is 0 Å². The zero-order valence-electron chi connectivity index (χ0n) is 20.8. The topological polar surface area (TPSA) is 28.2 Å². The Morgan fingerprint density at radius 2 is 1.55 bits per heavy atom. The van der Waals surface area contributed by atoms with Crippen LogP contribution in [0.4, 0.5) is 0 Å². The maximum atomic E-state index is 5.37. The molecule has 2 saturated heterocycles. The van der Waals surface area contributed by atoms with E-state index in [1.54, 1.807) is 7.11 Å². The number of ether oxygens (including phenoxy) is 2. The van der Waals surface area contributed by atoms with E-state index in [9.17, 15) is 0 Å². The van der Waals surface area contributed by atoms with Gasteiger partial charge in [0.2, 0.25) is 0 Å². The van der Waals surface area contributed by atoms with Crippen molar-refractivity contribution >= 4 is 0 Å². The highest BCUT2D eigenvalue weighted by atomic mass is 16.5. The van der Waals surface area contributed by atoms with Gasteiger partial charge in [0.05, 0.1) is 13.2 Å². The second-order valence-electron chi connectivity index (χ2n) is 9.65. The van der Waals surface area contributed by atoms with Gasteiger partial charge in [-0.05, 0) is 72.4 Å². The van der Waals surface area contributed by atoms with E-state index in [0.717, 1.165) is 44.7 Å². The van der Waals surface area contributed by atoms with Crippen molar-refractivity contribution in [1.29, 1.82) is 0 Å². The van der Waals surface area contributed by atoms with Crippen LogP contribution in [0.25, 0.3) is 0 Å². The molecule has 2 aliphatic rings. The van der Waals surface area contributed by atoms with Crippen molar-refractivity contribution in [1.82, 2.24) is 14.7 Å². The van der Waals surface area contributed by atoms with Gasteiger partial charge in [-0.2, -0.15) is 0 Å². The van der Waals surface area contributed by atoms with Crippen LogP contribution >= 0.6 is 0 Å². The lowest BCUT2D eigenvalue weighted by Crippen LogP contribution is -2.58. The van der Waals surface area contributed by atoms with Crippen LogP contribution in [0.5, 0.6) is 0 Å². The predicted molar refractivity (Wildman–Crippen MR) is 125 cm³/mol. The van der Waals surface area contributed by atoms with E-state index in [4.69, 9.17) is 9.47 Å². The first-order valence-corrected chi connectivity index (χ1v) is 12.1. The zero-order valence-corrected chi connectivity index (χ0v) is 20.8. The first-order chi connectivity index (χ1) is 13.8. The third-order valence-electron chi connectivity index (χ3n) is 6.64. The SMILES string of the molecule is CCOCCN1CCC(C(C)C)CC1.COCC1CN(C(C)C)CCN1C(C)C. The third kappa shape index (κ3) is 10.1. The van der Waals surface area contributed by atoms with E-state index >= 15 is 0 Å². The molecule has 0 radical (unpaired) electrons. The molecule has 5 nitrogen and oxygen atoms in total. The Kier molecular flexibility index (Phi) is 13.6. The normalized spacial score (nSPS) is 23.1. The molecule has 0 aliphatic carbocycles. The summed E-state index contributed by atoms with van der Waals surface area (Å²) in [5.41, 5.74) is 0. The van der Waals surface area contributed by atoms with Gasteiger partial charge >= 0.3 is 0 Å². The Balaban J connectivity index is 0.000000291. The maximum absolute atomic E-state index is 5.37. The van der Waals surface area contributed by atoms with Crippen LogP contribution in [0.1, 0.15) is 61.3 Å². The molecule has 2 fully saturated rings. The quantitative estimate of drug-likeness (QED) is 0.536. The van der Waals surface area contributed by atoms with Crippen molar-refractivity contribution in [2.75, 3.05) is 66.2 Å². The molecular weight excluding hydrogens is 362 g/mol. The average Bonchev–Trinajstić information content (AvgIpc) is 2.69. The fourth-order valence-corrected chi connectivity index (χ4v) is 4.56. The van der Waals surface area contributed by atoms with E-state index < -0.39 is 0 Å². The minimum absolute atomic E-state index is 0.561. The number of hydrogen-bond acceptors (Lipinski definition) is 5. The number of piperazine rings is 1. The van der Waals surface area contributed by atoms with Crippen LogP contribution in [0, 0.1) is 11.8 Å². The van der Waals surface area contributed by atoms with Crippen molar-refractivity contribution in [3.05, 3.63) is 0 Å². The van der Waals surface area contributed by atoms with Crippen LogP contribution in [0.2, 0.25) is 0 Å². The summed E-state index contributed by atoms with van der Waals surface area (Å²) in [5.74, 6) is 1.82. The van der Waals surface area contributed by atoms with Gasteiger partial charge in [-0.15, -0.1) is 0 Å². The van der Waals surface area contributed by atoms with E-state index in [-0.39, 0.29) is 0 Å². The molecule has 0 aromatic carbocycles. The van der Waals surface area contributed by atoms with E-state index in [2.05, 4.69) is 63.2 Å². The molecule has 174 valence electrons. The van der Waals surface area contributed by atoms with Crippen molar-refractivity contribution in [3.63, 3.8) is 0 Å². The number of piperidine rings is 1. The summed E-state index contributed by atoms with van der Waals surface area (Å²) in [6, 6.07) is 1.84. The van der Waals surface area contributed by atoms with Gasteiger partial charge in [0.1, 0.15) is 0 Å². The predicted octanol–water partition coefficient (Wildman–Crippen LogP) is 3.83. The van der Waals surface area contributed by atoms with Crippen molar-refractivity contribution in [2.45, 2.75) is 79.4 Å². The molecule has 0 spiro atoms. The Labute approximate surface area is 182 Å². The lowest BCUT2D eigenvalue weighted by Gasteiger charge is -2.44. The van der Waals surface area contributed by atoms with Crippen molar-refractivity contribution < 1.29 is 9.47 Å². The summed E-state index contributed by atoms with van der Waals surface area (Å²) in [6.07, 6.45) is 2.76. The summed E-state index contributed by atoms with van der Waals surface area (Å²) >= 11 is 0. The molecule has 1 atom stereocenters. The molecule has 0 aromatic rings. The monoisotopic (exact) mass is 413 g/mol. The first kappa shape index (κ1) is 26.8. The Morgan fingerprint density at radius 1 is 0.897 bits per heavy atom. The van der Waals surface area contributed by atoms with Gasteiger partial charge < -0.3 is 14.4 Å². The molecule has 2 aliphatic heterocycles. The summed E-state index contributed by atoms with van der Waals surface area (Å²) < 4.78 is 10.7. The summed E-state index contributed by atoms with van der Waals surface area (Å²) in [6.45, 7) is 25.6. The fraction of sp³-hybridized carbons (Fsp3) is 1.00. The average molecular weight is 414 g/mol. The second kappa shape index (κ2) is 14.7. The molecular formula is C24H51N3O2. The molecule has 29 heavy (non-hydrogen) atoms. The molecule has 0 bridgehead atoms. The number of likely N-dealkylation sites (tertiary alicyclic amines) is 1. The number of nitrogens with zero attached hydrogens (tertiary/aromatic N) is 3. The molecule has 0 saturated carbocycles. The molecule has 2 heterocycles. The molecule has 5 heteroatoms. The number of methoxy groups -OCH3 is 1. The Bertz CT molecular complexity index is 396. The second-order valence-corrected chi connectivity index (χ2v) is 9.65. The Hall–Kier alpha value is -0.200. The van der Waals surface area contributed by atoms with Crippen LogP contribution in [-0.4, -0.2) is 99.0 Å². The van der Waals surface area contributed by atoms with Gasteiger partial charge in [-0.25, -0.2) is 0 Å². The standard InChI is InChI=1S/C12H26N2O.C12H25NO/c1-10(2)13-6-7-14(11(3)4)12(8-13)9-15-5;1-4-14-10-9-13-7-5-12(6-8-13)11(2)3/h10-12H,6-9H2,1-5H3;11-12H,4-10H2,1-3H3. The van der Waals surface area contributed by atoms with Gasteiger partial charge in [-0.1, -0.05) is 13.8 Å². The smallest absolute Gasteiger partial charge is 0.0630 e. The van der Waals surface area contributed by atoms with Gasteiger partial charge in [0.25, 0.3) is 0 Å². The number of rotatable bonds is 9. The number of hydrogen-bond donors (Lipinski definition) is 0. The van der Waals surface area contributed by atoms with Crippen molar-refractivity contribution in [2.24, 2.45) is 11.8 Å². The molecule has 0 amide bonds. The molecule has 0 aromatic heterocycles. The highest BCUT2D eigenvalue weighted by Crippen LogP contribution is 2.24. The summed E-state index contributed by atoms with van der Waals surface area (Å²) in [7, 11) is 1.80. The van der Waals surface area contributed by atoms with Crippen LogP contribution in [0.15, 0.2) is 0 Å². The molecule has 2 rings (SSSR count). The fourth-order valence-electron chi connectivity index (χ4n) is 4.56. The van der Waals surface area contributed by atoms with Crippen LogP contribution < -0.4 is 0 Å². The lowest BCUT2D eigenvalue weighted by atomic mass is 9.87. The first-order valence-electron chi connectivity index (χ1n) is 12.1. The van der Waals surface area contributed by atoms with E-state index in [1.165, 1.54) is 39.0 Å². The van der Waals surface area contributed by atoms with Crippen LogP contribution in [0.3, 0.4) is 0 Å². The minimum Gasteiger partial charge on any atom is -0.383 e. The third-order valence-corrected chi connectivity index (χ3v) is 6.64. The summed E-state index contributed by atoms with van der Waals surface area (Å²) in [4.78, 5) is 7.64. The van der Waals surface area contributed by atoms with E-state index in [0.29, 0.717) is 18.1 Å². The maximum Gasteiger partial charge on any atom is 0.0630 e. The Morgan fingerprint density at radius 3 is 2.03 bits per heavy atom. The van der Waals surface area contributed by atoms with Crippen LogP contribution in [-0.2, 0) is 9.47 Å².